The van der Waals surface area contributed by atoms with E-state index in [1.165, 1.54) is 0 Å². The summed E-state index contributed by atoms with van der Waals surface area (Å²) < 4.78 is 27.1. The Kier molecular flexibility index (Phi) is 4.64. The van der Waals surface area contributed by atoms with Gasteiger partial charge in [-0.15, -0.1) is 0 Å². The Bertz CT molecular complexity index is 1620. The SMILES string of the molecule is Cc1c(CS(=O)(=O)c2cccc3c(N(C)C)cccc23)ccc2c1[nH]c1cc(O)ccc12. The van der Waals surface area contributed by atoms with Crippen molar-refractivity contribution in [1.82, 2.24) is 4.98 Å². The number of hydrogen-bond acceptors (Lipinski definition) is 4. The number of hydrogen-bond donors (Lipinski definition) is 2. The molecule has 4 aromatic carbocycles. The molecule has 0 aliphatic rings. The number of anilines is 1. The quantitative estimate of drug-likeness (QED) is 0.382. The van der Waals surface area contributed by atoms with Crippen molar-refractivity contribution >= 4 is 48.1 Å². The summed E-state index contributed by atoms with van der Waals surface area (Å²) in [7, 11) is 0.323. The maximum absolute atomic E-state index is 13.5. The van der Waals surface area contributed by atoms with Crippen molar-refractivity contribution in [2.45, 2.75) is 17.6 Å². The first-order valence-electron chi connectivity index (χ1n) is 10.4. The van der Waals surface area contributed by atoms with E-state index in [0.717, 1.165) is 49.4 Å². The number of sulfone groups is 1. The molecule has 5 nitrogen and oxygen atoms in total. The van der Waals surface area contributed by atoms with Gasteiger partial charge in [0.2, 0.25) is 0 Å². The van der Waals surface area contributed by atoms with Crippen LogP contribution < -0.4 is 4.90 Å². The predicted molar refractivity (Wildman–Crippen MR) is 131 cm³/mol. The van der Waals surface area contributed by atoms with E-state index in [1.807, 2.05) is 74.4 Å². The Hall–Kier alpha value is -3.51. The molecule has 0 unspecified atom stereocenters. The first-order chi connectivity index (χ1) is 15.3. The minimum atomic E-state index is -3.58. The lowest BCUT2D eigenvalue weighted by molar-refractivity contribution is 0.476. The molecule has 0 fully saturated rings. The molecule has 0 radical (unpaired) electrons. The second-order valence-corrected chi connectivity index (χ2v) is 10.4. The van der Waals surface area contributed by atoms with Crippen molar-refractivity contribution in [3.63, 3.8) is 0 Å². The Labute approximate surface area is 186 Å². The molecule has 0 saturated carbocycles. The normalized spacial score (nSPS) is 12.1. The lowest BCUT2D eigenvalue weighted by Crippen LogP contribution is -2.10. The van der Waals surface area contributed by atoms with Crippen LogP contribution in [-0.4, -0.2) is 32.6 Å². The Morgan fingerprint density at radius 1 is 0.875 bits per heavy atom. The molecule has 0 aliphatic carbocycles. The van der Waals surface area contributed by atoms with Crippen molar-refractivity contribution < 1.29 is 13.5 Å². The highest BCUT2D eigenvalue weighted by molar-refractivity contribution is 7.90. The summed E-state index contributed by atoms with van der Waals surface area (Å²) in [5, 5.41) is 13.5. The van der Waals surface area contributed by atoms with Gasteiger partial charge in [-0.1, -0.05) is 36.4 Å². The maximum Gasteiger partial charge on any atom is 0.183 e. The summed E-state index contributed by atoms with van der Waals surface area (Å²) in [5.41, 5.74) is 4.36. The molecular weight excluding hydrogens is 420 g/mol. The van der Waals surface area contributed by atoms with E-state index in [2.05, 4.69) is 4.98 Å². The molecule has 1 heterocycles. The molecule has 162 valence electrons. The number of phenolic OH excluding ortho intramolecular Hbond substituents is 1. The number of aromatic amines is 1. The van der Waals surface area contributed by atoms with Crippen LogP contribution in [0, 0.1) is 6.92 Å². The van der Waals surface area contributed by atoms with Crippen LogP contribution in [0.4, 0.5) is 5.69 Å². The van der Waals surface area contributed by atoms with E-state index < -0.39 is 9.84 Å². The van der Waals surface area contributed by atoms with Gasteiger partial charge in [-0.3, -0.25) is 0 Å². The van der Waals surface area contributed by atoms with Crippen molar-refractivity contribution in [2.75, 3.05) is 19.0 Å². The van der Waals surface area contributed by atoms with E-state index >= 15 is 0 Å². The van der Waals surface area contributed by atoms with Crippen molar-refractivity contribution in [2.24, 2.45) is 0 Å². The van der Waals surface area contributed by atoms with Crippen LogP contribution in [0.5, 0.6) is 5.75 Å². The van der Waals surface area contributed by atoms with Crippen molar-refractivity contribution in [3.8, 4) is 5.75 Å². The Balaban J connectivity index is 1.63. The van der Waals surface area contributed by atoms with Crippen molar-refractivity contribution in [3.05, 3.63) is 77.9 Å². The van der Waals surface area contributed by atoms with Gasteiger partial charge in [-0.25, -0.2) is 8.42 Å². The Morgan fingerprint density at radius 2 is 1.59 bits per heavy atom. The average Bonchev–Trinajstić information content (AvgIpc) is 3.13. The molecule has 5 rings (SSSR count). The molecule has 0 aliphatic heterocycles. The molecule has 0 spiro atoms. The third-order valence-electron chi connectivity index (χ3n) is 6.15. The molecule has 2 N–H and O–H groups in total. The van der Waals surface area contributed by atoms with E-state index in [1.54, 1.807) is 18.2 Å². The molecule has 0 bridgehead atoms. The highest BCUT2D eigenvalue weighted by Crippen LogP contribution is 2.34. The predicted octanol–water partition coefficient (Wildman–Crippen LogP) is 5.53. The highest BCUT2D eigenvalue weighted by atomic mass is 32.2. The van der Waals surface area contributed by atoms with Crippen LogP contribution in [0.2, 0.25) is 0 Å². The van der Waals surface area contributed by atoms with Gasteiger partial charge in [0, 0.05) is 52.9 Å². The van der Waals surface area contributed by atoms with Gasteiger partial charge in [-0.2, -0.15) is 0 Å². The molecular formula is C26H24N2O3S. The molecule has 0 amide bonds. The summed E-state index contributed by atoms with van der Waals surface area (Å²) in [6.45, 7) is 1.94. The van der Waals surface area contributed by atoms with Gasteiger partial charge in [0.15, 0.2) is 9.84 Å². The summed E-state index contributed by atoms with van der Waals surface area (Å²) in [5.74, 6) is 0.110. The molecule has 0 saturated heterocycles. The molecule has 5 aromatic rings. The third kappa shape index (κ3) is 3.19. The van der Waals surface area contributed by atoms with E-state index in [4.69, 9.17) is 0 Å². The number of rotatable bonds is 4. The summed E-state index contributed by atoms with van der Waals surface area (Å²) in [6.07, 6.45) is 0. The van der Waals surface area contributed by atoms with Gasteiger partial charge < -0.3 is 15.0 Å². The molecule has 0 atom stereocenters. The number of nitrogens with zero attached hydrogens (tertiary/aromatic N) is 1. The summed E-state index contributed by atoms with van der Waals surface area (Å²) in [4.78, 5) is 5.68. The van der Waals surface area contributed by atoms with Gasteiger partial charge in [0.25, 0.3) is 0 Å². The van der Waals surface area contributed by atoms with E-state index in [9.17, 15) is 13.5 Å². The molecule has 6 heteroatoms. The smallest absolute Gasteiger partial charge is 0.183 e. The zero-order chi connectivity index (χ0) is 22.6. The van der Waals surface area contributed by atoms with Gasteiger partial charge in [0.05, 0.1) is 16.2 Å². The zero-order valence-corrected chi connectivity index (χ0v) is 19.0. The number of aromatic nitrogens is 1. The summed E-state index contributed by atoms with van der Waals surface area (Å²) in [6, 6.07) is 20.3. The zero-order valence-electron chi connectivity index (χ0n) is 18.2. The number of nitrogens with one attached hydrogen (secondary N) is 1. The van der Waals surface area contributed by atoms with Crippen LogP contribution in [0.25, 0.3) is 32.6 Å². The molecule has 32 heavy (non-hydrogen) atoms. The maximum atomic E-state index is 13.5. The van der Waals surface area contributed by atoms with Crippen LogP contribution in [0.1, 0.15) is 11.1 Å². The van der Waals surface area contributed by atoms with Crippen LogP contribution in [-0.2, 0) is 15.6 Å². The number of fused-ring (bicyclic) bond motifs is 4. The third-order valence-corrected chi connectivity index (χ3v) is 7.87. The minimum Gasteiger partial charge on any atom is -0.508 e. The standard InChI is InChI=1S/C26H24N2O3S/c1-16-17(10-12-22-19-13-11-18(29)14-23(19)27-26(16)22)15-32(30,31)25-9-5-6-20-21(25)7-4-8-24(20)28(2)3/h4-14,27,29H,15H2,1-3H3. The number of benzene rings is 4. The molecule has 1 aromatic heterocycles. The number of aryl methyl sites for hydroxylation is 1. The first kappa shape index (κ1) is 20.4. The number of aromatic hydroxyl groups is 1. The highest BCUT2D eigenvalue weighted by Gasteiger charge is 2.21. The van der Waals surface area contributed by atoms with E-state index in [-0.39, 0.29) is 11.5 Å². The second kappa shape index (κ2) is 7.28. The van der Waals surface area contributed by atoms with Gasteiger partial charge >= 0.3 is 0 Å². The fourth-order valence-electron chi connectivity index (χ4n) is 4.51. The first-order valence-corrected chi connectivity index (χ1v) is 12.1. The van der Waals surface area contributed by atoms with Crippen LogP contribution in [0.3, 0.4) is 0 Å². The monoisotopic (exact) mass is 444 g/mol. The topological polar surface area (TPSA) is 73.4 Å². The number of H-pyrrole nitrogens is 1. The summed E-state index contributed by atoms with van der Waals surface area (Å²) >= 11 is 0. The van der Waals surface area contributed by atoms with Gasteiger partial charge in [0.1, 0.15) is 5.75 Å². The van der Waals surface area contributed by atoms with E-state index in [0.29, 0.717) is 4.90 Å². The average molecular weight is 445 g/mol. The lowest BCUT2D eigenvalue weighted by Gasteiger charge is -2.17. The second-order valence-electron chi connectivity index (χ2n) is 8.41. The minimum absolute atomic E-state index is 0.0826. The largest absolute Gasteiger partial charge is 0.508 e. The Morgan fingerprint density at radius 3 is 2.38 bits per heavy atom. The van der Waals surface area contributed by atoms with Crippen molar-refractivity contribution in [1.29, 1.82) is 0 Å². The fourth-order valence-corrected chi connectivity index (χ4v) is 6.19. The van der Waals surface area contributed by atoms with Crippen LogP contribution >= 0.6 is 0 Å². The number of phenols is 1. The van der Waals surface area contributed by atoms with Crippen LogP contribution in [0.15, 0.2) is 71.6 Å². The fraction of sp³-hybridized carbons (Fsp3) is 0.154. The van der Waals surface area contributed by atoms with Gasteiger partial charge in [-0.05, 0) is 42.3 Å². The lowest BCUT2D eigenvalue weighted by atomic mass is 10.1.